The SMILES string of the molecule is Oc1oc2cc[c]cc2c1O. The molecular weight excluding hydrogens is 144 g/mol. The van der Waals surface area contributed by atoms with Crippen LogP contribution in [0.1, 0.15) is 0 Å². The van der Waals surface area contributed by atoms with Gasteiger partial charge in [0.15, 0.2) is 0 Å². The largest absolute Gasteiger partial charge is 0.501 e. The molecule has 1 aromatic heterocycles. The van der Waals surface area contributed by atoms with Crippen LogP contribution in [-0.4, -0.2) is 10.2 Å². The predicted molar refractivity (Wildman–Crippen MR) is 38.4 cm³/mol. The quantitative estimate of drug-likeness (QED) is 0.598. The molecule has 0 spiro atoms. The van der Waals surface area contributed by atoms with Crippen molar-refractivity contribution in [1.82, 2.24) is 0 Å². The van der Waals surface area contributed by atoms with Gasteiger partial charge in [0.2, 0.25) is 5.75 Å². The fourth-order valence-corrected chi connectivity index (χ4v) is 0.958. The van der Waals surface area contributed by atoms with E-state index in [1.165, 1.54) is 0 Å². The van der Waals surface area contributed by atoms with Gasteiger partial charge in [0.1, 0.15) is 5.58 Å². The van der Waals surface area contributed by atoms with Crippen molar-refractivity contribution in [2.45, 2.75) is 0 Å². The van der Waals surface area contributed by atoms with Gasteiger partial charge in [-0.15, -0.1) is 0 Å². The second kappa shape index (κ2) is 1.92. The zero-order valence-electron chi connectivity index (χ0n) is 5.53. The molecule has 0 fully saturated rings. The van der Waals surface area contributed by atoms with Crippen LogP contribution >= 0.6 is 0 Å². The molecule has 11 heavy (non-hydrogen) atoms. The Labute approximate surface area is 62.5 Å². The third kappa shape index (κ3) is 0.741. The zero-order valence-corrected chi connectivity index (χ0v) is 5.53. The normalized spacial score (nSPS) is 10.5. The van der Waals surface area contributed by atoms with Crippen LogP contribution < -0.4 is 0 Å². The molecule has 0 saturated heterocycles. The van der Waals surface area contributed by atoms with Gasteiger partial charge in [-0.1, -0.05) is 6.07 Å². The van der Waals surface area contributed by atoms with Crippen LogP contribution in [0.5, 0.6) is 11.7 Å². The summed E-state index contributed by atoms with van der Waals surface area (Å²) in [6, 6.07) is 7.57. The van der Waals surface area contributed by atoms with E-state index in [-0.39, 0.29) is 5.75 Å². The van der Waals surface area contributed by atoms with Gasteiger partial charge >= 0.3 is 5.95 Å². The van der Waals surface area contributed by atoms with E-state index in [1.807, 2.05) is 0 Å². The number of fused-ring (bicyclic) bond motifs is 1. The van der Waals surface area contributed by atoms with Gasteiger partial charge in [0.05, 0.1) is 5.39 Å². The first-order valence-corrected chi connectivity index (χ1v) is 3.09. The number of furan rings is 1. The minimum Gasteiger partial charge on any atom is -0.501 e. The number of hydrogen-bond acceptors (Lipinski definition) is 3. The summed E-state index contributed by atoms with van der Waals surface area (Å²) in [7, 11) is 0. The van der Waals surface area contributed by atoms with Gasteiger partial charge in [0.25, 0.3) is 0 Å². The van der Waals surface area contributed by atoms with Gasteiger partial charge in [0, 0.05) is 0 Å². The van der Waals surface area contributed by atoms with Gasteiger partial charge in [-0.25, -0.2) is 0 Å². The summed E-state index contributed by atoms with van der Waals surface area (Å²) in [5, 5.41) is 18.5. The third-order valence-electron chi connectivity index (χ3n) is 1.49. The summed E-state index contributed by atoms with van der Waals surface area (Å²) < 4.78 is 4.78. The second-order valence-electron chi connectivity index (χ2n) is 2.18. The van der Waals surface area contributed by atoms with E-state index in [4.69, 9.17) is 14.6 Å². The number of benzene rings is 1. The molecule has 3 nitrogen and oxygen atoms in total. The molecule has 0 aliphatic carbocycles. The molecule has 0 aliphatic heterocycles. The van der Waals surface area contributed by atoms with Crippen molar-refractivity contribution in [2.75, 3.05) is 0 Å². The highest BCUT2D eigenvalue weighted by atomic mass is 16.5. The molecule has 2 N–H and O–H groups in total. The molecule has 0 bridgehead atoms. The summed E-state index contributed by atoms with van der Waals surface area (Å²) in [5.74, 6) is -0.670. The molecular formula is C8H5O3. The van der Waals surface area contributed by atoms with Gasteiger partial charge in [-0.2, -0.15) is 0 Å². The fraction of sp³-hybridized carbons (Fsp3) is 0. The zero-order chi connectivity index (χ0) is 7.84. The van der Waals surface area contributed by atoms with Crippen LogP contribution in [0.25, 0.3) is 11.0 Å². The summed E-state index contributed by atoms with van der Waals surface area (Å²) in [4.78, 5) is 0. The summed E-state index contributed by atoms with van der Waals surface area (Å²) in [6.45, 7) is 0. The van der Waals surface area contributed by atoms with E-state index in [9.17, 15) is 0 Å². The summed E-state index contributed by atoms with van der Waals surface area (Å²) in [5.41, 5.74) is 0.457. The van der Waals surface area contributed by atoms with Crippen molar-refractivity contribution < 1.29 is 14.6 Å². The molecule has 1 heterocycles. The Balaban J connectivity index is 2.92. The van der Waals surface area contributed by atoms with E-state index >= 15 is 0 Å². The Morgan fingerprint density at radius 2 is 2.18 bits per heavy atom. The lowest BCUT2D eigenvalue weighted by molar-refractivity contribution is 0.316. The molecule has 2 aromatic rings. The van der Waals surface area contributed by atoms with Crippen LogP contribution in [0.3, 0.4) is 0 Å². The lowest BCUT2D eigenvalue weighted by atomic mass is 10.2. The van der Waals surface area contributed by atoms with E-state index < -0.39 is 5.95 Å². The molecule has 0 atom stereocenters. The van der Waals surface area contributed by atoms with Crippen molar-refractivity contribution in [3.8, 4) is 11.7 Å². The monoisotopic (exact) mass is 149 g/mol. The molecule has 55 valence electrons. The predicted octanol–water partition coefficient (Wildman–Crippen LogP) is 1.64. The standard InChI is InChI=1S/C8H5O3/c9-7-5-3-1-2-4-6(5)11-8(7)10/h2-4,9-10H. The fourth-order valence-electron chi connectivity index (χ4n) is 0.958. The van der Waals surface area contributed by atoms with E-state index in [1.54, 1.807) is 18.2 Å². The van der Waals surface area contributed by atoms with Gasteiger partial charge in [-0.05, 0) is 18.2 Å². The van der Waals surface area contributed by atoms with Crippen LogP contribution in [0, 0.1) is 6.07 Å². The second-order valence-corrected chi connectivity index (χ2v) is 2.18. The molecule has 0 unspecified atom stereocenters. The van der Waals surface area contributed by atoms with Gasteiger partial charge in [-0.3, -0.25) is 0 Å². The topological polar surface area (TPSA) is 53.6 Å². The van der Waals surface area contributed by atoms with Crippen LogP contribution in [0.4, 0.5) is 0 Å². The van der Waals surface area contributed by atoms with E-state index in [0.29, 0.717) is 11.0 Å². The third-order valence-corrected chi connectivity index (χ3v) is 1.49. The molecule has 0 aliphatic rings. The first kappa shape index (κ1) is 6.09. The highest BCUT2D eigenvalue weighted by molar-refractivity contribution is 5.85. The molecule has 0 saturated carbocycles. The Kier molecular flexibility index (Phi) is 1.06. The molecule has 3 heteroatoms. The Morgan fingerprint density at radius 3 is 2.91 bits per heavy atom. The average Bonchev–Trinajstić information content (AvgIpc) is 2.30. The Hall–Kier alpha value is -1.64. The smallest absolute Gasteiger partial charge is 0.327 e. The summed E-state index contributed by atoms with van der Waals surface area (Å²) in [6.07, 6.45) is 0. The Bertz CT molecular complexity index is 389. The number of aromatic hydroxyl groups is 2. The van der Waals surface area contributed by atoms with Crippen molar-refractivity contribution in [1.29, 1.82) is 0 Å². The van der Waals surface area contributed by atoms with Crippen molar-refractivity contribution in [2.24, 2.45) is 0 Å². The van der Waals surface area contributed by atoms with Crippen molar-refractivity contribution in [3.63, 3.8) is 0 Å². The maximum Gasteiger partial charge on any atom is 0.327 e. The van der Waals surface area contributed by atoms with Crippen LogP contribution in [0.15, 0.2) is 22.6 Å². The number of hydrogen-bond donors (Lipinski definition) is 2. The van der Waals surface area contributed by atoms with E-state index in [0.717, 1.165) is 0 Å². The maximum absolute atomic E-state index is 9.13. The van der Waals surface area contributed by atoms with Crippen molar-refractivity contribution >= 4 is 11.0 Å². The van der Waals surface area contributed by atoms with Crippen molar-refractivity contribution in [3.05, 3.63) is 24.3 Å². The lowest BCUT2D eigenvalue weighted by Gasteiger charge is -1.83. The van der Waals surface area contributed by atoms with Crippen LogP contribution in [-0.2, 0) is 0 Å². The first-order chi connectivity index (χ1) is 5.29. The van der Waals surface area contributed by atoms with E-state index in [2.05, 4.69) is 6.07 Å². The molecule has 0 amide bonds. The number of rotatable bonds is 0. The molecule has 1 aromatic carbocycles. The molecule has 1 radical (unpaired) electrons. The summed E-state index contributed by atoms with van der Waals surface area (Å²) >= 11 is 0. The minimum absolute atomic E-state index is 0.225. The minimum atomic E-state index is -0.445. The average molecular weight is 149 g/mol. The molecule has 2 rings (SSSR count). The highest BCUT2D eigenvalue weighted by Gasteiger charge is 2.09. The first-order valence-electron chi connectivity index (χ1n) is 3.09. The highest BCUT2D eigenvalue weighted by Crippen LogP contribution is 2.36. The lowest BCUT2D eigenvalue weighted by Crippen LogP contribution is -1.61. The van der Waals surface area contributed by atoms with Crippen LogP contribution in [0.2, 0.25) is 0 Å². The maximum atomic E-state index is 9.13. The Morgan fingerprint density at radius 1 is 1.36 bits per heavy atom. The van der Waals surface area contributed by atoms with Gasteiger partial charge < -0.3 is 14.6 Å².